The minimum Gasteiger partial charge on any atom is -0.352 e. The number of rotatable bonds is 11. The maximum Gasteiger partial charge on any atom is 0.264 e. The van der Waals surface area contributed by atoms with Crippen molar-refractivity contribution < 1.29 is 18.0 Å². The Morgan fingerprint density at radius 2 is 1.55 bits per heavy atom. The highest BCUT2D eigenvalue weighted by molar-refractivity contribution is 7.92. The number of hydrogen-bond donors (Lipinski definition) is 1. The van der Waals surface area contributed by atoms with Crippen LogP contribution in [0, 0.1) is 13.8 Å². The van der Waals surface area contributed by atoms with Crippen LogP contribution in [0.3, 0.4) is 0 Å². The van der Waals surface area contributed by atoms with Crippen molar-refractivity contribution in [3.63, 3.8) is 0 Å². The molecule has 0 aromatic heterocycles. The zero-order valence-electron chi connectivity index (χ0n) is 25.2. The predicted molar refractivity (Wildman–Crippen MR) is 178 cm³/mol. The minimum atomic E-state index is -4.21. The highest BCUT2D eigenvalue weighted by Crippen LogP contribution is 2.29. The second kappa shape index (κ2) is 15.0. The highest BCUT2D eigenvalue weighted by atomic mass is 35.5. The number of carbonyl (C=O) groups excluding carboxylic acids is 2. The predicted octanol–water partition coefficient (Wildman–Crippen LogP) is 7.72. The summed E-state index contributed by atoms with van der Waals surface area (Å²) in [6.07, 6.45) is 5.32. The zero-order chi connectivity index (χ0) is 32.0. The van der Waals surface area contributed by atoms with Crippen molar-refractivity contribution >= 4 is 62.3 Å². The fourth-order valence-electron chi connectivity index (χ4n) is 5.44. The van der Waals surface area contributed by atoms with Crippen LogP contribution in [0.1, 0.15) is 62.1 Å². The van der Waals surface area contributed by atoms with Gasteiger partial charge in [0.1, 0.15) is 12.6 Å². The van der Waals surface area contributed by atoms with Crippen molar-refractivity contribution in [2.75, 3.05) is 10.8 Å². The van der Waals surface area contributed by atoms with Crippen LogP contribution >= 0.6 is 34.8 Å². The molecule has 1 aliphatic carbocycles. The molecule has 1 N–H and O–H groups in total. The molecule has 1 saturated carbocycles. The molecule has 3 aromatic carbocycles. The average molecular weight is 679 g/mol. The Hall–Kier alpha value is -2.78. The Balaban J connectivity index is 1.74. The topological polar surface area (TPSA) is 86.8 Å². The molecule has 0 saturated heterocycles. The summed E-state index contributed by atoms with van der Waals surface area (Å²) in [4.78, 5) is 29.5. The molecule has 4 rings (SSSR count). The number of carbonyl (C=O) groups is 2. The fourth-order valence-corrected chi connectivity index (χ4v) is 7.44. The van der Waals surface area contributed by atoms with Crippen molar-refractivity contribution in [1.29, 1.82) is 0 Å². The van der Waals surface area contributed by atoms with Crippen LogP contribution in [0.25, 0.3) is 0 Å². The zero-order valence-corrected chi connectivity index (χ0v) is 28.2. The van der Waals surface area contributed by atoms with E-state index in [2.05, 4.69) is 5.32 Å². The number of halogens is 3. The van der Waals surface area contributed by atoms with Crippen LogP contribution in [0.4, 0.5) is 5.69 Å². The van der Waals surface area contributed by atoms with Gasteiger partial charge in [0.05, 0.1) is 10.6 Å². The van der Waals surface area contributed by atoms with E-state index in [0.717, 1.165) is 47.5 Å². The second-order valence-corrected chi connectivity index (χ2v) is 14.4. The van der Waals surface area contributed by atoms with Gasteiger partial charge in [-0.05, 0) is 98.3 Å². The van der Waals surface area contributed by atoms with Crippen molar-refractivity contribution in [3.05, 3.63) is 92.4 Å². The van der Waals surface area contributed by atoms with E-state index in [0.29, 0.717) is 32.7 Å². The molecule has 236 valence electrons. The van der Waals surface area contributed by atoms with Gasteiger partial charge in [0.2, 0.25) is 11.8 Å². The maximum atomic E-state index is 14.3. The van der Waals surface area contributed by atoms with Crippen molar-refractivity contribution in [1.82, 2.24) is 10.2 Å². The first-order valence-corrected chi connectivity index (χ1v) is 17.4. The van der Waals surface area contributed by atoms with Gasteiger partial charge < -0.3 is 10.2 Å². The van der Waals surface area contributed by atoms with E-state index in [1.54, 1.807) is 30.3 Å². The number of benzene rings is 3. The smallest absolute Gasteiger partial charge is 0.264 e. The normalized spacial score (nSPS) is 14.6. The van der Waals surface area contributed by atoms with E-state index in [1.165, 1.54) is 29.2 Å². The third-order valence-corrected chi connectivity index (χ3v) is 10.8. The third kappa shape index (κ3) is 8.27. The highest BCUT2D eigenvalue weighted by Gasteiger charge is 2.35. The van der Waals surface area contributed by atoms with E-state index >= 15 is 0 Å². The molecule has 1 aliphatic rings. The van der Waals surface area contributed by atoms with E-state index in [4.69, 9.17) is 34.8 Å². The first kappa shape index (κ1) is 34.1. The summed E-state index contributed by atoms with van der Waals surface area (Å²) in [6, 6.07) is 15.2. The molecule has 11 heteroatoms. The van der Waals surface area contributed by atoms with E-state index in [1.807, 2.05) is 26.8 Å². The molecule has 1 atom stereocenters. The average Bonchev–Trinajstić information content (AvgIpc) is 2.99. The maximum absolute atomic E-state index is 14.3. The molecular weight excluding hydrogens is 641 g/mol. The monoisotopic (exact) mass is 677 g/mol. The molecule has 1 unspecified atom stereocenters. The fraction of sp³-hybridized carbons (Fsp3) is 0.394. The molecule has 7 nitrogen and oxygen atoms in total. The van der Waals surface area contributed by atoms with Crippen LogP contribution in [-0.2, 0) is 26.2 Å². The molecule has 2 amide bonds. The van der Waals surface area contributed by atoms with Gasteiger partial charge in [-0.25, -0.2) is 8.42 Å². The Kier molecular flexibility index (Phi) is 11.6. The van der Waals surface area contributed by atoms with Gasteiger partial charge in [0.25, 0.3) is 10.0 Å². The van der Waals surface area contributed by atoms with Crippen LogP contribution in [-0.4, -0.2) is 43.8 Å². The molecule has 0 bridgehead atoms. The molecule has 1 fully saturated rings. The summed E-state index contributed by atoms with van der Waals surface area (Å²) in [5, 5.41) is 4.31. The Morgan fingerprint density at radius 3 is 2.16 bits per heavy atom. The molecule has 44 heavy (non-hydrogen) atoms. The molecule has 0 heterocycles. The number of amides is 2. The first-order valence-electron chi connectivity index (χ1n) is 14.8. The number of nitrogens with one attached hydrogen (secondary N) is 1. The van der Waals surface area contributed by atoms with E-state index < -0.39 is 28.5 Å². The van der Waals surface area contributed by atoms with Crippen LogP contribution in [0.2, 0.25) is 15.1 Å². The van der Waals surface area contributed by atoms with Gasteiger partial charge in [0, 0.05) is 27.7 Å². The van der Waals surface area contributed by atoms with Crippen molar-refractivity contribution in [3.8, 4) is 0 Å². The lowest BCUT2D eigenvalue weighted by molar-refractivity contribution is -0.140. The van der Waals surface area contributed by atoms with Crippen molar-refractivity contribution in [2.45, 2.75) is 82.8 Å². The van der Waals surface area contributed by atoms with E-state index in [9.17, 15) is 18.0 Å². The SMILES string of the molecule is CCC(C(=O)NC1CCCCC1)N(Cc1ccc(Cl)cc1Cl)C(=O)CN(c1ccc(C)c(C)c1)S(=O)(=O)c1ccc(Cl)cc1. The lowest BCUT2D eigenvalue weighted by Gasteiger charge is -2.34. The van der Waals surface area contributed by atoms with Crippen LogP contribution < -0.4 is 9.62 Å². The number of aryl methyl sites for hydroxylation is 2. The minimum absolute atomic E-state index is 0.00676. The van der Waals surface area contributed by atoms with Gasteiger partial charge >= 0.3 is 0 Å². The molecule has 3 aromatic rings. The summed E-state index contributed by atoms with van der Waals surface area (Å²) in [5.74, 6) is -0.812. The van der Waals surface area contributed by atoms with Gasteiger partial charge in [-0.2, -0.15) is 0 Å². The number of hydrogen-bond acceptors (Lipinski definition) is 4. The first-order chi connectivity index (χ1) is 20.9. The van der Waals surface area contributed by atoms with Gasteiger partial charge in [0.15, 0.2) is 0 Å². The van der Waals surface area contributed by atoms with Crippen LogP contribution in [0.5, 0.6) is 0 Å². The molecular formula is C33H38Cl3N3O4S. The van der Waals surface area contributed by atoms with Crippen molar-refractivity contribution in [2.24, 2.45) is 0 Å². The molecule has 0 radical (unpaired) electrons. The summed E-state index contributed by atoms with van der Waals surface area (Å²) < 4.78 is 29.3. The summed E-state index contributed by atoms with van der Waals surface area (Å²) in [7, 11) is -4.21. The van der Waals surface area contributed by atoms with Gasteiger partial charge in [-0.1, -0.05) is 73.1 Å². The lowest BCUT2D eigenvalue weighted by atomic mass is 9.95. The summed E-state index contributed by atoms with van der Waals surface area (Å²) >= 11 is 18.7. The van der Waals surface area contributed by atoms with Gasteiger partial charge in [-0.3, -0.25) is 13.9 Å². The van der Waals surface area contributed by atoms with E-state index in [-0.39, 0.29) is 23.4 Å². The molecule has 0 spiro atoms. The Bertz CT molecular complexity index is 1590. The standard InChI is InChI=1S/C33H38Cl3N3O4S/c1-4-31(33(41)37-27-8-6-5-7-9-27)38(20-24-11-12-26(35)19-30(24)36)32(40)21-39(28-15-10-22(2)23(3)18-28)44(42,43)29-16-13-25(34)14-17-29/h10-19,27,31H,4-9,20-21H2,1-3H3,(H,37,41). The van der Waals surface area contributed by atoms with Gasteiger partial charge in [-0.15, -0.1) is 0 Å². The summed E-state index contributed by atoms with van der Waals surface area (Å²) in [6.45, 7) is 5.10. The Morgan fingerprint density at radius 1 is 0.886 bits per heavy atom. The molecule has 0 aliphatic heterocycles. The lowest BCUT2D eigenvalue weighted by Crippen LogP contribution is -2.54. The summed E-state index contributed by atoms with van der Waals surface area (Å²) in [5.41, 5.74) is 2.77. The largest absolute Gasteiger partial charge is 0.352 e. The third-order valence-electron chi connectivity index (χ3n) is 8.15. The number of sulfonamides is 1. The Labute approximate surface area is 275 Å². The van der Waals surface area contributed by atoms with Crippen LogP contribution in [0.15, 0.2) is 65.6 Å². The number of anilines is 1. The quantitative estimate of drug-likeness (QED) is 0.225. The second-order valence-electron chi connectivity index (χ2n) is 11.3. The number of nitrogens with zero attached hydrogens (tertiary/aromatic N) is 2.